The average molecular weight is 358 g/mol. The molecule has 1 aromatic carbocycles. The second-order valence-corrected chi connectivity index (χ2v) is 6.68. The molecule has 2 N–H and O–H groups in total. The van der Waals surface area contributed by atoms with Crippen LogP contribution in [0.4, 0.5) is 0 Å². The van der Waals surface area contributed by atoms with Gasteiger partial charge in [-0.05, 0) is 42.0 Å². The summed E-state index contributed by atoms with van der Waals surface area (Å²) < 4.78 is 7.17. The van der Waals surface area contributed by atoms with Gasteiger partial charge < -0.3 is 15.4 Å². The molecule has 142 valence electrons. The molecule has 2 rings (SSSR count). The van der Waals surface area contributed by atoms with E-state index in [1.54, 1.807) is 14.2 Å². The van der Waals surface area contributed by atoms with E-state index in [1.807, 2.05) is 35.3 Å². The fourth-order valence-electron chi connectivity index (χ4n) is 2.79. The zero-order valence-electron chi connectivity index (χ0n) is 16.3. The molecule has 6 heteroatoms. The Bertz CT molecular complexity index is 651. The van der Waals surface area contributed by atoms with Crippen molar-refractivity contribution in [1.29, 1.82) is 0 Å². The standard InChI is InChI=1S/C20H31N5O/c1-16(15-25-13-5-11-24-25)14-23-20(21-3)22-12-10-17(2)18-6-8-19(26-4)9-7-18/h5-9,11,13,16-17H,10,12,14-15H2,1-4H3,(H2,21,22,23). The first kappa shape index (κ1) is 19.8. The van der Waals surface area contributed by atoms with Gasteiger partial charge in [-0.1, -0.05) is 26.0 Å². The number of methoxy groups -OCH3 is 1. The summed E-state index contributed by atoms with van der Waals surface area (Å²) in [6, 6.07) is 10.2. The molecule has 0 spiro atoms. The first-order valence-corrected chi connectivity index (χ1v) is 9.18. The molecule has 6 nitrogen and oxygen atoms in total. The quantitative estimate of drug-likeness (QED) is 0.535. The van der Waals surface area contributed by atoms with Gasteiger partial charge in [0, 0.05) is 39.1 Å². The number of benzene rings is 1. The smallest absolute Gasteiger partial charge is 0.190 e. The van der Waals surface area contributed by atoms with Gasteiger partial charge in [0.2, 0.25) is 0 Å². The molecule has 2 atom stereocenters. The number of hydrogen-bond donors (Lipinski definition) is 2. The molecule has 0 saturated heterocycles. The largest absolute Gasteiger partial charge is 0.497 e. The van der Waals surface area contributed by atoms with Gasteiger partial charge in [-0.3, -0.25) is 9.67 Å². The highest BCUT2D eigenvalue weighted by atomic mass is 16.5. The first-order valence-electron chi connectivity index (χ1n) is 9.18. The van der Waals surface area contributed by atoms with Crippen molar-refractivity contribution in [3.63, 3.8) is 0 Å². The van der Waals surface area contributed by atoms with E-state index in [-0.39, 0.29) is 0 Å². The molecule has 0 bridgehead atoms. The van der Waals surface area contributed by atoms with Crippen LogP contribution in [0.25, 0.3) is 0 Å². The molecule has 0 fully saturated rings. The lowest BCUT2D eigenvalue weighted by atomic mass is 9.98. The maximum absolute atomic E-state index is 5.21. The lowest BCUT2D eigenvalue weighted by molar-refractivity contribution is 0.414. The highest BCUT2D eigenvalue weighted by molar-refractivity contribution is 5.79. The van der Waals surface area contributed by atoms with E-state index in [2.05, 4.69) is 46.7 Å². The molecule has 0 radical (unpaired) electrons. The van der Waals surface area contributed by atoms with Crippen molar-refractivity contribution >= 4 is 5.96 Å². The van der Waals surface area contributed by atoms with Crippen LogP contribution in [-0.2, 0) is 6.54 Å². The molecule has 2 unspecified atom stereocenters. The number of rotatable bonds is 9. The Morgan fingerprint density at radius 1 is 1.23 bits per heavy atom. The van der Waals surface area contributed by atoms with Crippen molar-refractivity contribution < 1.29 is 4.74 Å². The number of nitrogens with zero attached hydrogens (tertiary/aromatic N) is 3. The summed E-state index contributed by atoms with van der Waals surface area (Å²) in [7, 11) is 3.50. The minimum atomic E-state index is 0.465. The Labute approximate surface area is 156 Å². The lowest BCUT2D eigenvalue weighted by Crippen LogP contribution is -2.40. The SMILES string of the molecule is CN=C(NCCC(C)c1ccc(OC)cc1)NCC(C)Cn1cccn1. The summed E-state index contributed by atoms with van der Waals surface area (Å²) in [4.78, 5) is 4.30. The van der Waals surface area contributed by atoms with Crippen LogP contribution in [0.2, 0.25) is 0 Å². The maximum Gasteiger partial charge on any atom is 0.190 e. The highest BCUT2D eigenvalue weighted by Crippen LogP contribution is 2.21. The molecule has 2 aromatic rings. The number of aliphatic imine (C=N–C) groups is 1. The molecule has 1 aromatic heterocycles. The Morgan fingerprint density at radius 3 is 2.62 bits per heavy atom. The predicted molar refractivity (Wildman–Crippen MR) is 107 cm³/mol. The van der Waals surface area contributed by atoms with Crippen molar-refractivity contribution in [3.8, 4) is 5.75 Å². The zero-order valence-corrected chi connectivity index (χ0v) is 16.3. The second kappa shape index (κ2) is 10.5. The van der Waals surface area contributed by atoms with Gasteiger partial charge in [0.15, 0.2) is 5.96 Å². The van der Waals surface area contributed by atoms with Crippen LogP contribution in [0.1, 0.15) is 31.7 Å². The topological polar surface area (TPSA) is 63.5 Å². The van der Waals surface area contributed by atoms with Crippen LogP contribution >= 0.6 is 0 Å². The van der Waals surface area contributed by atoms with Gasteiger partial charge in [0.25, 0.3) is 0 Å². The third-order valence-corrected chi connectivity index (χ3v) is 4.45. The molecule has 1 heterocycles. The van der Waals surface area contributed by atoms with Gasteiger partial charge in [-0.25, -0.2) is 0 Å². The van der Waals surface area contributed by atoms with E-state index < -0.39 is 0 Å². The van der Waals surface area contributed by atoms with Crippen LogP contribution in [0.15, 0.2) is 47.7 Å². The van der Waals surface area contributed by atoms with Gasteiger partial charge >= 0.3 is 0 Å². The van der Waals surface area contributed by atoms with Gasteiger partial charge in [0.05, 0.1) is 7.11 Å². The molecular formula is C20H31N5O. The average Bonchev–Trinajstić information content (AvgIpc) is 3.17. The number of aromatic nitrogens is 2. The van der Waals surface area contributed by atoms with Crippen LogP contribution in [-0.4, -0.2) is 43.0 Å². The Balaban J connectivity index is 1.69. The summed E-state index contributed by atoms with van der Waals surface area (Å²) in [5.74, 6) is 2.68. The molecule has 0 aliphatic heterocycles. The lowest BCUT2D eigenvalue weighted by Gasteiger charge is -2.17. The summed E-state index contributed by atoms with van der Waals surface area (Å²) in [5, 5.41) is 11.0. The number of nitrogens with one attached hydrogen (secondary N) is 2. The van der Waals surface area contributed by atoms with Gasteiger partial charge in [-0.2, -0.15) is 5.10 Å². The predicted octanol–water partition coefficient (Wildman–Crippen LogP) is 2.89. The van der Waals surface area contributed by atoms with Crippen molar-refractivity contribution in [2.75, 3.05) is 27.2 Å². The Morgan fingerprint density at radius 2 is 2.00 bits per heavy atom. The minimum absolute atomic E-state index is 0.465. The van der Waals surface area contributed by atoms with E-state index in [4.69, 9.17) is 4.74 Å². The molecule has 0 aliphatic carbocycles. The van der Waals surface area contributed by atoms with E-state index in [9.17, 15) is 0 Å². The number of hydrogen-bond acceptors (Lipinski definition) is 3. The third kappa shape index (κ3) is 6.43. The van der Waals surface area contributed by atoms with Crippen LogP contribution in [0.5, 0.6) is 5.75 Å². The highest BCUT2D eigenvalue weighted by Gasteiger charge is 2.08. The van der Waals surface area contributed by atoms with Crippen molar-refractivity contribution in [3.05, 3.63) is 48.3 Å². The molecule has 0 amide bonds. The van der Waals surface area contributed by atoms with Crippen LogP contribution < -0.4 is 15.4 Å². The van der Waals surface area contributed by atoms with Crippen LogP contribution in [0.3, 0.4) is 0 Å². The van der Waals surface area contributed by atoms with Crippen LogP contribution in [0, 0.1) is 5.92 Å². The molecule has 0 aliphatic rings. The zero-order chi connectivity index (χ0) is 18.8. The number of ether oxygens (including phenoxy) is 1. The Kier molecular flexibility index (Phi) is 7.99. The van der Waals surface area contributed by atoms with E-state index >= 15 is 0 Å². The fraction of sp³-hybridized carbons (Fsp3) is 0.500. The summed E-state index contributed by atoms with van der Waals surface area (Å²) in [5.41, 5.74) is 1.32. The summed E-state index contributed by atoms with van der Waals surface area (Å²) in [6.07, 6.45) is 4.84. The molecule has 26 heavy (non-hydrogen) atoms. The molecule has 0 saturated carbocycles. The normalized spacial score (nSPS) is 13.9. The van der Waals surface area contributed by atoms with Crippen molar-refractivity contribution in [2.24, 2.45) is 10.9 Å². The fourth-order valence-corrected chi connectivity index (χ4v) is 2.79. The number of guanidine groups is 1. The molecular weight excluding hydrogens is 326 g/mol. The Hall–Kier alpha value is -2.50. The minimum Gasteiger partial charge on any atom is -0.497 e. The summed E-state index contributed by atoms with van der Waals surface area (Å²) in [6.45, 7) is 7.07. The van der Waals surface area contributed by atoms with Gasteiger partial charge in [-0.15, -0.1) is 0 Å². The summed E-state index contributed by atoms with van der Waals surface area (Å²) >= 11 is 0. The van der Waals surface area contributed by atoms with Crippen molar-refractivity contribution in [2.45, 2.75) is 32.7 Å². The first-order chi connectivity index (χ1) is 12.6. The van der Waals surface area contributed by atoms with Crippen molar-refractivity contribution in [1.82, 2.24) is 20.4 Å². The third-order valence-electron chi connectivity index (χ3n) is 4.45. The maximum atomic E-state index is 5.21. The van der Waals surface area contributed by atoms with E-state index in [0.29, 0.717) is 11.8 Å². The second-order valence-electron chi connectivity index (χ2n) is 6.68. The monoisotopic (exact) mass is 357 g/mol. The van der Waals surface area contributed by atoms with E-state index in [1.165, 1.54) is 5.56 Å². The van der Waals surface area contributed by atoms with E-state index in [0.717, 1.165) is 37.8 Å². The van der Waals surface area contributed by atoms with Gasteiger partial charge in [0.1, 0.15) is 5.75 Å².